The Labute approximate surface area is 151 Å². The van der Waals surface area contributed by atoms with Crippen molar-refractivity contribution < 1.29 is 9.53 Å². The number of amides is 1. The van der Waals surface area contributed by atoms with Gasteiger partial charge in [0.2, 0.25) is 11.0 Å². The van der Waals surface area contributed by atoms with Crippen LogP contribution in [0.1, 0.15) is 17.8 Å². The van der Waals surface area contributed by atoms with E-state index in [4.69, 9.17) is 16.3 Å². The van der Waals surface area contributed by atoms with E-state index in [1.165, 1.54) is 11.5 Å². The average molecular weight is 369 g/mol. The fraction of sp³-hybridized carbons (Fsp3) is 0.438. The van der Waals surface area contributed by atoms with Gasteiger partial charge in [-0.05, 0) is 24.1 Å². The molecule has 6 nitrogen and oxygen atoms in total. The lowest BCUT2D eigenvalue weighted by Crippen LogP contribution is -2.35. The van der Waals surface area contributed by atoms with Crippen molar-refractivity contribution in [2.75, 3.05) is 38.8 Å². The largest absolute Gasteiger partial charge is 0.385 e. The van der Waals surface area contributed by atoms with Crippen LogP contribution in [-0.4, -0.2) is 49.1 Å². The maximum Gasteiger partial charge on any atom is 0.239 e. The number of nitrogens with one attached hydrogen (secondary N) is 1. The third-order valence-electron chi connectivity index (χ3n) is 3.29. The van der Waals surface area contributed by atoms with E-state index in [0.717, 1.165) is 22.9 Å². The molecule has 1 aromatic heterocycles. The number of rotatable bonds is 9. The molecule has 1 N–H and O–H groups in total. The Hall–Kier alpha value is -1.70. The summed E-state index contributed by atoms with van der Waals surface area (Å²) in [5.41, 5.74) is 1.10. The van der Waals surface area contributed by atoms with Gasteiger partial charge in [0.05, 0.1) is 6.54 Å². The van der Waals surface area contributed by atoms with Gasteiger partial charge in [-0.15, -0.1) is 0 Å². The van der Waals surface area contributed by atoms with E-state index in [9.17, 15) is 4.79 Å². The van der Waals surface area contributed by atoms with Crippen molar-refractivity contribution in [3.05, 3.63) is 40.7 Å². The second-order valence-corrected chi connectivity index (χ2v) is 6.52. The van der Waals surface area contributed by atoms with E-state index in [2.05, 4.69) is 14.7 Å². The number of methoxy groups -OCH3 is 1. The zero-order chi connectivity index (χ0) is 17.4. The van der Waals surface area contributed by atoms with Gasteiger partial charge in [0.1, 0.15) is 5.82 Å². The SMILES string of the molecule is COCCCNC(=O)CN(C)c1nc(Cc2ccc(Cl)cc2)ns1. The lowest BCUT2D eigenvalue weighted by Gasteiger charge is -2.14. The van der Waals surface area contributed by atoms with Crippen LogP contribution in [0, 0.1) is 0 Å². The lowest BCUT2D eigenvalue weighted by atomic mass is 10.1. The molecule has 1 aromatic carbocycles. The van der Waals surface area contributed by atoms with Gasteiger partial charge in [-0.1, -0.05) is 23.7 Å². The Morgan fingerprint density at radius 2 is 2.12 bits per heavy atom. The Balaban J connectivity index is 1.83. The molecule has 1 amide bonds. The van der Waals surface area contributed by atoms with Crippen molar-refractivity contribution in [3.8, 4) is 0 Å². The average Bonchev–Trinajstić information content (AvgIpc) is 3.02. The smallest absolute Gasteiger partial charge is 0.239 e. The van der Waals surface area contributed by atoms with Crippen LogP contribution in [0.25, 0.3) is 0 Å². The Morgan fingerprint density at radius 3 is 2.83 bits per heavy atom. The molecule has 0 saturated heterocycles. The van der Waals surface area contributed by atoms with Crippen molar-refractivity contribution in [1.29, 1.82) is 0 Å². The minimum Gasteiger partial charge on any atom is -0.385 e. The van der Waals surface area contributed by atoms with E-state index in [1.807, 2.05) is 31.3 Å². The topological polar surface area (TPSA) is 67.3 Å². The van der Waals surface area contributed by atoms with Crippen LogP contribution in [0.5, 0.6) is 0 Å². The molecule has 0 spiro atoms. The van der Waals surface area contributed by atoms with E-state index in [1.54, 1.807) is 12.0 Å². The first-order valence-corrected chi connectivity index (χ1v) is 8.77. The molecule has 24 heavy (non-hydrogen) atoms. The second-order valence-electron chi connectivity index (χ2n) is 5.35. The number of carbonyl (C=O) groups is 1. The standard InChI is InChI=1S/C16H21ClN4O2S/c1-21(11-15(22)18-8-3-9-23-2)16-19-14(20-24-16)10-12-4-6-13(17)7-5-12/h4-7H,3,8-11H2,1-2H3,(H,18,22). The zero-order valence-electron chi connectivity index (χ0n) is 13.8. The highest BCUT2D eigenvalue weighted by Gasteiger charge is 2.12. The predicted octanol–water partition coefficient (Wildman–Crippen LogP) is 2.37. The van der Waals surface area contributed by atoms with Crippen LogP contribution in [0.15, 0.2) is 24.3 Å². The van der Waals surface area contributed by atoms with Crippen molar-refractivity contribution in [2.45, 2.75) is 12.8 Å². The normalized spacial score (nSPS) is 10.6. The molecular formula is C16H21ClN4O2S. The van der Waals surface area contributed by atoms with Crippen molar-refractivity contribution >= 4 is 34.2 Å². The molecule has 2 rings (SSSR count). The summed E-state index contributed by atoms with van der Waals surface area (Å²) < 4.78 is 9.30. The van der Waals surface area contributed by atoms with Gasteiger partial charge in [0.25, 0.3) is 0 Å². The van der Waals surface area contributed by atoms with Crippen molar-refractivity contribution in [2.24, 2.45) is 0 Å². The van der Waals surface area contributed by atoms with Crippen LogP contribution in [0.4, 0.5) is 5.13 Å². The highest BCUT2D eigenvalue weighted by atomic mass is 35.5. The van der Waals surface area contributed by atoms with Gasteiger partial charge in [-0.25, -0.2) is 4.98 Å². The molecule has 130 valence electrons. The van der Waals surface area contributed by atoms with Gasteiger partial charge in [-0.2, -0.15) is 4.37 Å². The molecule has 0 fully saturated rings. The first-order valence-electron chi connectivity index (χ1n) is 7.62. The van der Waals surface area contributed by atoms with E-state index in [-0.39, 0.29) is 12.5 Å². The van der Waals surface area contributed by atoms with Crippen LogP contribution in [0.3, 0.4) is 0 Å². The fourth-order valence-corrected chi connectivity index (χ4v) is 2.81. The summed E-state index contributed by atoms with van der Waals surface area (Å²) in [6.07, 6.45) is 1.45. The molecule has 0 aliphatic carbocycles. The first-order chi connectivity index (χ1) is 11.6. The van der Waals surface area contributed by atoms with Crippen molar-refractivity contribution in [3.63, 3.8) is 0 Å². The maximum atomic E-state index is 11.9. The molecule has 0 saturated carbocycles. The first kappa shape index (κ1) is 18.6. The van der Waals surface area contributed by atoms with E-state index < -0.39 is 0 Å². The van der Waals surface area contributed by atoms with E-state index in [0.29, 0.717) is 24.6 Å². The monoisotopic (exact) mass is 368 g/mol. The van der Waals surface area contributed by atoms with Gasteiger partial charge in [-0.3, -0.25) is 4.79 Å². The van der Waals surface area contributed by atoms with Crippen LogP contribution in [-0.2, 0) is 16.0 Å². The molecule has 0 radical (unpaired) electrons. The number of carbonyl (C=O) groups excluding carboxylic acids is 1. The highest BCUT2D eigenvalue weighted by Crippen LogP contribution is 2.18. The second kappa shape index (κ2) is 9.56. The third kappa shape index (κ3) is 6.07. The fourth-order valence-electron chi connectivity index (χ4n) is 2.04. The molecular weight excluding hydrogens is 348 g/mol. The summed E-state index contributed by atoms with van der Waals surface area (Å²) >= 11 is 7.17. The molecule has 0 unspecified atom stereocenters. The number of anilines is 1. The Bertz CT molecular complexity index is 648. The number of likely N-dealkylation sites (N-methyl/N-ethyl adjacent to an activating group) is 1. The highest BCUT2D eigenvalue weighted by molar-refractivity contribution is 7.09. The maximum absolute atomic E-state index is 11.9. The quantitative estimate of drug-likeness (QED) is 0.688. The summed E-state index contributed by atoms with van der Waals surface area (Å²) in [5.74, 6) is 0.702. The van der Waals surface area contributed by atoms with Gasteiger partial charge >= 0.3 is 0 Å². The predicted molar refractivity (Wildman–Crippen MR) is 96.9 cm³/mol. The molecule has 2 aromatic rings. The zero-order valence-corrected chi connectivity index (χ0v) is 15.4. The van der Waals surface area contributed by atoms with Gasteiger partial charge in [0.15, 0.2) is 0 Å². The van der Waals surface area contributed by atoms with Crippen LogP contribution >= 0.6 is 23.1 Å². The minimum atomic E-state index is -0.0388. The molecule has 0 bridgehead atoms. The number of ether oxygens (including phenoxy) is 1. The van der Waals surface area contributed by atoms with Crippen LogP contribution < -0.4 is 10.2 Å². The summed E-state index contributed by atoms with van der Waals surface area (Å²) in [6, 6.07) is 7.62. The Kier molecular flexibility index (Phi) is 7.42. The molecule has 0 atom stereocenters. The third-order valence-corrected chi connectivity index (χ3v) is 4.41. The molecule has 0 aliphatic heterocycles. The van der Waals surface area contributed by atoms with Gasteiger partial charge < -0.3 is 15.0 Å². The molecule has 8 heteroatoms. The van der Waals surface area contributed by atoms with E-state index >= 15 is 0 Å². The van der Waals surface area contributed by atoms with Crippen LogP contribution in [0.2, 0.25) is 5.02 Å². The number of aromatic nitrogens is 2. The van der Waals surface area contributed by atoms with Crippen molar-refractivity contribution in [1.82, 2.24) is 14.7 Å². The Morgan fingerprint density at radius 1 is 1.38 bits per heavy atom. The number of hydrogen-bond acceptors (Lipinski definition) is 6. The molecule has 1 heterocycles. The summed E-state index contributed by atoms with van der Waals surface area (Å²) in [4.78, 5) is 18.2. The minimum absolute atomic E-state index is 0.0388. The summed E-state index contributed by atoms with van der Waals surface area (Å²) in [6.45, 7) is 1.50. The number of nitrogens with zero attached hydrogens (tertiary/aromatic N) is 3. The summed E-state index contributed by atoms with van der Waals surface area (Å²) in [5, 5.41) is 4.29. The molecule has 0 aliphatic rings. The number of hydrogen-bond donors (Lipinski definition) is 1. The number of halogens is 1. The lowest BCUT2D eigenvalue weighted by molar-refractivity contribution is -0.119. The van der Waals surface area contributed by atoms with Gasteiger partial charge in [0, 0.05) is 50.3 Å². The number of benzene rings is 1. The summed E-state index contributed by atoms with van der Waals surface area (Å²) in [7, 11) is 3.48.